The highest BCUT2D eigenvalue weighted by atomic mass is 31.2. The molecule has 0 radical (unpaired) electrons. The average molecular weight is 178 g/mol. The zero-order valence-corrected chi connectivity index (χ0v) is 8.36. The van der Waals surface area contributed by atoms with Gasteiger partial charge in [-0.15, -0.1) is 0 Å². The van der Waals surface area contributed by atoms with Gasteiger partial charge in [0, 0.05) is 12.7 Å². The Bertz CT molecular complexity index is 132. The zero-order valence-electron chi connectivity index (χ0n) is 7.47. The van der Waals surface area contributed by atoms with E-state index >= 15 is 0 Å². The molecule has 0 spiro atoms. The first-order valence-electron chi connectivity index (χ1n) is 4.01. The van der Waals surface area contributed by atoms with Crippen LogP contribution in [0.3, 0.4) is 0 Å². The first kappa shape index (κ1) is 11.2. The molecule has 0 aromatic rings. The van der Waals surface area contributed by atoms with E-state index in [-0.39, 0.29) is 0 Å². The molecule has 0 atom stereocenters. The molecule has 0 aromatic heterocycles. The Morgan fingerprint density at radius 2 is 2.00 bits per heavy atom. The average Bonchev–Trinajstić information content (AvgIpc) is 1.85. The van der Waals surface area contributed by atoms with Crippen LogP contribution in [0.5, 0.6) is 0 Å². The van der Waals surface area contributed by atoms with E-state index in [1.54, 1.807) is 0 Å². The molecule has 0 saturated heterocycles. The Kier molecular flexibility index (Phi) is 5.83. The molecule has 4 heteroatoms. The minimum Gasteiger partial charge on any atom is -0.330 e. The minimum absolute atomic E-state index is 0.725. The SMILES string of the molecule is CP(C)(=O)CCNCCCN. The highest BCUT2D eigenvalue weighted by Crippen LogP contribution is 2.34. The molecule has 0 aliphatic heterocycles. The van der Waals surface area contributed by atoms with Gasteiger partial charge in [0.25, 0.3) is 0 Å². The fourth-order valence-electron chi connectivity index (χ4n) is 0.700. The molecule has 0 fully saturated rings. The Labute approximate surface area is 69.1 Å². The molecule has 0 amide bonds. The van der Waals surface area contributed by atoms with Crippen molar-refractivity contribution in [2.75, 3.05) is 39.1 Å². The molecule has 0 saturated carbocycles. The lowest BCUT2D eigenvalue weighted by atomic mass is 10.4. The lowest BCUT2D eigenvalue weighted by Crippen LogP contribution is -2.21. The van der Waals surface area contributed by atoms with Crippen LogP contribution < -0.4 is 11.1 Å². The highest BCUT2D eigenvalue weighted by Gasteiger charge is 2.04. The van der Waals surface area contributed by atoms with Crippen LogP contribution in [0.1, 0.15) is 6.42 Å². The van der Waals surface area contributed by atoms with Gasteiger partial charge in [-0.1, -0.05) is 0 Å². The van der Waals surface area contributed by atoms with Crippen molar-refractivity contribution in [2.45, 2.75) is 6.42 Å². The summed E-state index contributed by atoms with van der Waals surface area (Å²) in [6.07, 6.45) is 1.79. The summed E-state index contributed by atoms with van der Waals surface area (Å²) in [5.41, 5.74) is 5.30. The van der Waals surface area contributed by atoms with Gasteiger partial charge in [0.15, 0.2) is 0 Å². The molecule has 68 valence electrons. The van der Waals surface area contributed by atoms with Crippen LogP contribution in [0.2, 0.25) is 0 Å². The largest absolute Gasteiger partial charge is 0.330 e. The molecule has 0 rings (SSSR count). The van der Waals surface area contributed by atoms with Crippen molar-refractivity contribution in [3.63, 3.8) is 0 Å². The van der Waals surface area contributed by atoms with Crippen LogP contribution in [-0.4, -0.2) is 39.1 Å². The lowest BCUT2D eigenvalue weighted by molar-refractivity contribution is 0.578. The molecule has 3 N–H and O–H groups in total. The highest BCUT2D eigenvalue weighted by molar-refractivity contribution is 7.62. The van der Waals surface area contributed by atoms with Gasteiger partial charge in [-0.3, -0.25) is 0 Å². The first-order valence-corrected chi connectivity index (χ1v) is 6.80. The summed E-state index contributed by atoms with van der Waals surface area (Å²) >= 11 is 0. The number of nitrogens with one attached hydrogen (secondary N) is 1. The smallest absolute Gasteiger partial charge is 0.0831 e. The molecule has 0 aromatic carbocycles. The van der Waals surface area contributed by atoms with Crippen molar-refractivity contribution >= 4 is 7.14 Å². The monoisotopic (exact) mass is 178 g/mol. The van der Waals surface area contributed by atoms with Gasteiger partial charge in [0.05, 0.1) is 7.14 Å². The standard InChI is InChI=1S/C7H19N2OP/c1-11(2,10)7-6-9-5-3-4-8/h9H,3-8H2,1-2H3. The molecule has 0 unspecified atom stereocenters. The van der Waals surface area contributed by atoms with Crippen LogP contribution in [0.4, 0.5) is 0 Å². The van der Waals surface area contributed by atoms with E-state index in [0.717, 1.165) is 32.2 Å². The summed E-state index contributed by atoms with van der Waals surface area (Å²) in [6.45, 7) is 6.15. The first-order chi connectivity index (χ1) is 5.06. The fraction of sp³-hybridized carbons (Fsp3) is 1.00. The van der Waals surface area contributed by atoms with Crippen molar-refractivity contribution in [3.8, 4) is 0 Å². The van der Waals surface area contributed by atoms with Crippen LogP contribution in [-0.2, 0) is 4.57 Å². The Balaban J connectivity index is 3.09. The van der Waals surface area contributed by atoms with Gasteiger partial charge in [-0.25, -0.2) is 0 Å². The molecule has 0 heterocycles. The van der Waals surface area contributed by atoms with E-state index in [1.165, 1.54) is 0 Å². The fourth-order valence-corrected chi connectivity index (χ4v) is 1.40. The molecule has 0 aliphatic carbocycles. The maximum Gasteiger partial charge on any atom is 0.0831 e. The Hall–Kier alpha value is 0.150. The lowest BCUT2D eigenvalue weighted by Gasteiger charge is -2.06. The molecule has 0 bridgehead atoms. The van der Waals surface area contributed by atoms with Crippen molar-refractivity contribution in [3.05, 3.63) is 0 Å². The summed E-state index contributed by atoms with van der Waals surface area (Å²) in [7, 11) is -1.81. The Morgan fingerprint density at radius 3 is 2.45 bits per heavy atom. The van der Waals surface area contributed by atoms with E-state index in [4.69, 9.17) is 5.73 Å². The van der Waals surface area contributed by atoms with Crippen molar-refractivity contribution < 1.29 is 4.57 Å². The van der Waals surface area contributed by atoms with E-state index in [1.807, 2.05) is 13.3 Å². The number of hydrogen-bond acceptors (Lipinski definition) is 3. The third kappa shape index (κ3) is 10.2. The topological polar surface area (TPSA) is 55.1 Å². The zero-order chi connectivity index (χ0) is 8.74. The van der Waals surface area contributed by atoms with Gasteiger partial charge in [0.1, 0.15) is 0 Å². The van der Waals surface area contributed by atoms with Crippen LogP contribution in [0, 0.1) is 0 Å². The maximum absolute atomic E-state index is 11.2. The molecular formula is C7H19N2OP. The van der Waals surface area contributed by atoms with Crippen molar-refractivity contribution in [1.82, 2.24) is 5.32 Å². The third-order valence-corrected chi connectivity index (χ3v) is 2.69. The van der Waals surface area contributed by atoms with E-state index in [2.05, 4.69) is 5.32 Å². The summed E-state index contributed by atoms with van der Waals surface area (Å²) in [5, 5.41) is 3.19. The minimum atomic E-state index is -1.81. The van der Waals surface area contributed by atoms with Gasteiger partial charge >= 0.3 is 0 Å². The van der Waals surface area contributed by atoms with Gasteiger partial charge in [0.2, 0.25) is 0 Å². The molecule has 11 heavy (non-hydrogen) atoms. The third-order valence-electron chi connectivity index (χ3n) is 1.38. The van der Waals surface area contributed by atoms with Gasteiger partial charge in [-0.05, 0) is 32.8 Å². The summed E-state index contributed by atoms with van der Waals surface area (Å²) in [5.74, 6) is 0. The number of hydrogen-bond donors (Lipinski definition) is 2. The van der Waals surface area contributed by atoms with E-state index in [9.17, 15) is 4.57 Å². The van der Waals surface area contributed by atoms with Crippen LogP contribution >= 0.6 is 7.14 Å². The van der Waals surface area contributed by atoms with Crippen LogP contribution in [0.15, 0.2) is 0 Å². The van der Waals surface area contributed by atoms with Crippen molar-refractivity contribution in [1.29, 1.82) is 0 Å². The summed E-state index contributed by atoms with van der Waals surface area (Å²) < 4.78 is 11.2. The normalized spacial score (nSPS) is 11.9. The van der Waals surface area contributed by atoms with E-state index in [0.29, 0.717) is 0 Å². The molecule has 3 nitrogen and oxygen atoms in total. The van der Waals surface area contributed by atoms with E-state index < -0.39 is 7.14 Å². The van der Waals surface area contributed by atoms with Gasteiger partial charge < -0.3 is 15.6 Å². The molecule has 0 aliphatic rings. The predicted octanol–water partition coefficient (Wildman–Crippen LogP) is 0.547. The quantitative estimate of drug-likeness (QED) is 0.461. The molecular weight excluding hydrogens is 159 g/mol. The van der Waals surface area contributed by atoms with Gasteiger partial charge in [-0.2, -0.15) is 0 Å². The maximum atomic E-state index is 11.2. The second kappa shape index (κ2) is 5.76. The second-order valence-corrected chi connectivity index (χ2v) is 6.78. The number of rotatable bonds is 6. The van der Waals surface area contributed by atoms with Crippen LogP contribution in [0.25, 0.3) is 0 Å². The second-order valence-electron chi connectivity index (χ2n) is 3.19. The van der Waals surface area contributed by atoms with Crippen molar-refractivity contribution in [2.24, 2.45) is 5.73 Å². The summed E-state index contributed by atoms with van der Waals surface area (Å²) in [4.78, 5) is 0. The number of nitrogens with two attached hydrogens (primary N) is 1. The summed E-state index contributed by atoms with van der Waals surface area (Å²) in [6, 6.07) is 0. The Morgan fingerprint density at radius 1 is 1.36 bits per heavy atom. The predicted molar refractivity (Wildman–Crippen MR) is 50.9 cm³/mol.